The van der Waals surface area contributed by atoms with Crippen molar-refractivity contribution >= 4 is 11.8 Å². The van der Waals surface area contributed by atoms with Crippen molar-refractivity contribution in [3.63, 3.8) is 0 Å². The summed E-state index contributed by atoms with van der Waals surface area (Å²) in [5.41, 5.74) is 0.0323. The Kier molecular flexibility index (Phi) is 4.49. The van der Waals surface area contributed by atoms with Gasteiger partial charge in [-0.1, -0.05) is 12.1 Å². The van der Waals surface area contributed by atoms with E-state index in [0.29, 0.717) is 25.4 Å². The summed E-state index contributed by atoms with van der Waals surface area (Å²) in [4.78, 5) is 23.0. The second kappa shape index (κ2) is 6.31. The second-order valence-electron chi connectivity index (χ2n) is 4.68. The van der Waals surface area contributed by atoms with Gasteiger partial charge in [-0.3, -0.25) is 9.59 Å². The Hall–Kier alpha value is -1.91. The van der Waals surface area contributed by atoms with Crippen molar-refractivity contribution < 1.29 is 14.0 Å². The number of rotatable bonds is 6. The van der Waals surface area contributed by atoms with Crippen molar-refractivity contribution in [3.8, 4) is 0 Å². The van der Waals surface area contributed by atoms with Crippen molar-refractivity contribution in [1.82, 2.24) is 10.6 Å². The molecule has 19 heavy (non-hydrogen) atoms. The molecule has 0 aromatic heterocycles. The Labute approximate surface area is 111 Å². The van der Waals surface area contributed by atoms with Gasteiger partial charge in [-0.2, -0.15) is 0 Å². The lowest BCUT2D eigenvalue weighted by atomic mass is 10.2. The summed E-state index contributed by atoms with van der Waals surface area (Å²) >= 11 is 0. The summed E-state index contributed by atoms with van der Waals surface area (Å²) in [6.07, 6.45) is 3.07. The fraction of sp³-hybridized carbons (Fsp3) is 0.429. The van der Waals surface area contributed by atoms with Crippen LogP contribution < -0.4 is 10.6 Å². The molecular formula is C14H17FN2O2. The fourth-order valence-corrected chi connectivity index (χ4v) is 1.72. The maximum Gasteiger partial charge on any atom is 0.254 e. The van der Waals surface area contributed by atoms with E-state index in [2.05, 4.69) is 10.6 Å². The normalized spacial score (nSPS) is 13.9. The first-order valence-corrected chi connectivity index (χ1v) is 6.49. The lowest BCUT2D eigenvalue weighted by Gasteiger charge is -2.06. The molecule has 2 amide bonds. The van der Waals surface area contributed by atoms with E-state index in [1.165, 1.54) is 18.2 Å². The molecule has 1 saturated carbocycles. The Bertz CT molecular complexity index is 472. The molecule has 5 heteroatoms. The van der Waals surface area contributed by atoms with Crippen LogP contribution in [0.3, 0.4) is 0 Å². The number of carbonyl (C=O) groups is 2. The van der Waals surface area contributed by atoms with Gasteiger partial charge >= 0.3 is 0 Å². The smallest absolute Gasteiger partial charge is 0.254 e. The molecule has 2 N–H and O–H groups in total. The van der Waals surface area contributed by atoms with Crippen LogP contribution in [0.1, 0.15) is 36.0 Å². The molecule has 4 nitrogen and oxygen atoms in total. The number of benzene rings is 1. The Morgan fingerprint density at radius 3 is 2.68 bits per heavy atom. The molecule has 0 heterocycles. The quantitative estimate of drug-likeness (QED) is 0.767. The molecule has 1 aliphatic carbocycles. The molecule has 0 aliphatic heterocycles. The van der Waals surface area contributed by atoms with E-state index in [9.17, 15) is 14.0 Å². The van der Waals surface area contributed by atoms with Crippen molar-refractivity contribution in [2.75, 3.05) is 6.54 Å². The van der Waals surface area contributed by atoms with E-state index in [0.717, 1.165) is 12.8 Å². The highest BCUT2D eigenvalue weighted by atomic mass is 19.1. The lowest BCUT2D eigenvalue weighted by molar-refractivity contribution is -0.121. The maximum absolute atomic E-state index is 13.3. The topological polar surface area (TPSA) is 58.2 Å². The van der Waals surface area contributed by atoms with Crippen molar-refractivity contribution in [2.45, 2.75) is 31.7 Å². The first kappa shape index (κ1) is 13.5. The Morgan fingerprint density at radius 1 is 1.26 bits per heavy atom. The molecule has 1 aromatic rings. The van der Waals surface area contributed by atoms with E-state index >= 15 is 0 Å². The minimum absolute atomic E-state index is 0.0163. The molecule has 0 bridgehead atoms. The average molecular weight is 264 g/mol. The zero-order chi connectivity index (χ0) is 13.7. The van der Waals surface area contributed by atoms with Gasteiger partial charge in [0.15, 0.2) is 0 Å². The van der Waals surface area contributed by atoms with Gasteiger partial charge < -0.3 is 10.6 Å². The molecule has 102 valence electrons. The van der Waals surface area contributed by atoms with E-state index in [1.807, 2.05) is 0 Å². The van der Waals surface area contributed by atoms with Gasteiger partial charge in [0.1, 0.15) is 5.82 Å². The summed E-state index contributed by atoms with van der Waals surface area (Å²) < 4.78 is 13.3. The van der Waals surface area contributed by atoms with E-state index in [4.69, 9.17) is 0 Å². The monoisotopic (exact) mass is 264 g/mol. The third kappa shape index (κ3) is 4.35. The Balaban J connectivity index is 1.66. The highest BCUT2D eigenvalue weighted by Crippen LogP contribution is 2.18. The van der Waals surface area contributed by atoms with Crippen LogP contribution in [0.5, 0.6) is 0 Å². The Morgan fingerprint density at radius 2 is 2.00 bits per heavy atom. The van der Waals surface area contributed by atoms with Crippen molar-refractivity contribution in [1.29, 1.82) is 0 Å². The molecule has 1 fully saturated rings. The third-order valence-electron chi connectivity index (χ3n) is 2.93. The van der Waals surface area contributed by atoms with E-state index in [1.54, 1.807) is 6.07 Å². The predicted molar refractivity (Wildman–Crippen MR) is 69.1 cm³/mol. The van der Waals surface area contributed by atoms with Crippen LogP contribution in [-0.4, -0.2) is 24.4 Å². The van der Waals surface area contributed by atoms with Gasteiger partial charge in [0.25, 0.3) is 5.91 Å². The van der Waals surface area contributed by atoms with Crippen LogP contribution in [0.2, 0.25) is 0 Å². The summed E-state index contributed by atoms with van der Waals surface area (Å²) in [5, 5.41) is 5.48. The number of hydrogen-bond acceptors (Lipinski definition) is 2. The summed E-state index contributed by atoms with van der Waals surface area (Å²) in [7, 11) is 0. The van der Waals surface area contributed by atoms with Crippen LogP contribution in [-0.2, 0) is 4.79 Å². The number of amides is 2. The van der Waals surface area contributed by atoms with E-state index in [-0.39, 0.29) is 11.5 Å². The van der Waals surface area contributed by atoms with Crippen LogP contribution in [0.15, 0.2) is 24.3 Å². The minimum Gasteiger partial charge on any atom is -0.353 e. The molecule has 1 aromatic carbocycles. The molecule has 0 saturated heterocycles. The van der Waals surface area contributed by atoms with Gasteiger partial charge in [0.2, 0.25) is 5.91 Å². The van der Waals surface area contributed by atoms with Gasteiger partial charge in [-0.25, -0.2) is 4.39 Å². The van der Waals surface area contributed by atoms with Gasteiger partial charge in [0, 0.05) is 19.0 Å². The molecule has 0 spiro atoms. The highest BCUT2D eigenvalue weighted by Gasteiger charge is 2.22. The van der Waals surface area contributed by atoms with Crippen LogP contribution in [0.4, 0.5) is 4.39 Å². The molecule has 0 radical (unpaired) electrons. The summed E-state index contributed by atoms with van der Waals surface area (Å²) in [6.45, 7) is 0.366. The van der Waals surface area contributed by atoms with Crippen molar-refractivity contribution in [3.05, 3.63) is 35.6 Å². The van der Waals surface area contributed by atoms with Crippen LogP contribution in [0, 0.1) is 5.82 Å². The van der Waals surface area contributed by atoms with Gasteiger partial charge in [0.05, 0.1) is 5.56 Å². The SMILES string of the molecule is O=C(CCCNC(=O)c1ccccc1F)NC1CC1. The zero-order valence-corrected chi connectivity index (χ0v) is 10.6. The summed E-state index contributed by atoms with van der Waals surface area (Å²) in [6, 6.07) is 6.19. The standard InChI is InChI=1S/C14H17FN2O2/c15-12-5-2-1-4-11(12)14(19)16-9-3-6-13(18)17-10-7-8-10/h1-2,4-5,10H,3,6-9H2,(H,16,19)(H,17,18). The van der Waals surface area contributed by atoms with Crippen LogP contribution >= 0.6 is 0 Å². The molecule has 0 unspecified atom stereocenters. The third-order valence-corrected chi connectivity index (χ3v) is 2.93. The number of carbonyl (C=O) groups excluding carboxylic acids is 2. The number of hydrogen-bond donors (Lipinski definition) is 2. The molecule has 0 atom stereocenters. The van der Waals surface area contributed by atoms with Crippen molar-refractivity contribution in [2.24, 2.45) is 0 Å². The summed E-state index contributed by atoms with van der Waals surface area (Å²) in [5.74, 6) is -0.963. The van der Waals surface area contributed by atoms with Gasteiger partial charge in [-0.05, 0) is 31.4 Å². The number of halogens is 1. The van der Waals surface area contributed by atoms with Crippen LogP contribution in [0.25, 0.3) is 0 Å². The fourth-order valence-electron chi connectivity index (χ4n) is 1.72. The maximum atomic E-state index is 13.3. The second-order valence-corrected chi connectivity index (χ2v) is 4.68. The lowest BCUT2D eigenvalue weighted by Crippen LogP contribution is -2.28. The first-order valence-electron chi connectivity index (χ1n) is 6.49. The molecule has 2 rings (SSSR count). The minimum atomic E-state index is -0.536. The molecular weight excluding hydrogens is 247 g/mol. The highest BCUT2D eigenvalue weighted by molar-refractivity contribution is 5.94. The first-order chi connectivity index (χ1) is 9.16. The average Bonchev–Trinajstić information content (AvgIpc) is 3.19. The number of nitrogens with one attached hydrogen (secondary N) is 2. The largest absolute Gasteiger partial charge is 0.353 e. The van der Waals surface area contributed by atoms with E-state index < -0.39 is 11.7 Å². The molecule has 1 aliphatic rings. The predicted octanol–water partition coefficient (Wildman–Crippen LogP) is 1.61. The van der Waals surface area contributed by atoms with Gasteiger partial charge in [-0.15, -0.1) is 0 Å². The zero-order valence-electron chi connectivity index (χ0n) is 10.6.